The Morgan fingerprint density at radius 2 is 1.71 bits per heavy atom. The van der Waals surface area contributed by atoms with E-state index in [2.05, 4.69) is 6.92 Å². The third kappa shape index (κ3) is 2.18. The van der Waals surface area contributed by atoms with Crippen LogP contribution in [0.2, 0.25) is 0 Å². The second-order valence-electron chi connectivity index (χ2n) is 9.24. The quantitative estimate of drug-likeness (QED) is 0.580. The van der Waals surface area contributed by atoms with Gasteiger partial charge in [-0.25, -0.2) is 0 Å². The van der Waals surface area contributed by atoms with E-state index >= 15 is 0 Å². The highest BCUT2D eigenvalue weighted by molar-refractivity contribution is 5.70. The number of halogens is 3. The molecule has 24 heavy (non-hydrogen) atoms. The summed E-state index contributed by atoms with van der Waals surface area (Å²) in [5.41, 5.74) is -0.623. The van der Waals surface area contributed by atoms with Gasteiger partial charge in [-0.1, -0.05) is 13.8 Å². The fourth-order valence-electron chi connectivity index (χ4n) is 7.13. The Morgan fingerprint density at radius 3 is 2.42 bits per heavy atom. The first-order valence-corrected chi connectivity index (χ1v) is 9.38. The van der Waals surface area contributed by atoms with E-state index in [-0.39, 0.29) is 17.3 Å². The van der Waals surface area contributed by atoms with E-state index in [0.29, 0.717) is 50.0 Å². The normalized spacial score (nSPS) is 51.4. The van der Waals surface area contributed by atoms with Crippen LogP contribution in [0.15, 0.2) is 0 Å². The Hall–Kier alpha value is -0.740. The van der Waals surface area contributed by atoms with Crippen LogP contribution in [0, 0.1) is 40.4 Å². The smallest absolute Gasteiger partial charge is 0.392 e. The van der Waals surface area contributed by atoms with Crippen molar-refractivity contribution in [3.8, 4) is 0 Å². The van der Waals surface area contributed by atoms with Crippen LogP contribution in [0.3, 0.4) is 0 Å². The lowest BCUT2D eigenvalue weighted by molar-refractivity contribution is -0.219. The summed E-state index contributed by atoms with van der Waals surface area (Å²) in [7, 11) is 0. The van der Waals surface area contributed by atoms with E-state index < -0.39 is 17.5 Å². The number of carbonyl (C=O) groups excluding carboxylic acids is 1. The molecule has 0 aromatic rings. The lowest BCUT2D eigenvalue weighted by atomic mass is 9.46. The van der Waals surface area contributed by atoms with Crippen LogP contribution in [0.5, 0.6) is 0 Å². The number of hydrogen-bond acceptors (Lipinski definition) is 2. The van der Waals surface area contributed by atoms with Gasteiger partial charge in [0, 0.05) is 11.8 Å². The van der Waals surface area contributed by atoms with Crippen molar-refractivity contribution < 1.29 is 22.7 Å². The zero-order valence-electron chi connectivity index (χ0n) is 14.5. The first-order valence-electron chi connectivity index (χ1n) is 9.38. The zero-order valence-corrected chi connectivity index (χ0v) is 14.5. The maximum absolute atomic E-state index is 13.5. The van der Waals surface area contributed by atoms with Gasteiger partial charge < -0.3 is 4.74 Å². The molecule has 0 unspecified atom stereocenters. The minimum atomic E-state index is -4.07. The van der Waals surface area contributed by atoms with Crippen molar-refractivity contribution in [3.05, 3.63) is 0 Å². The van der Waals surface area contributed by atoms with Gasteiger partial charge in [0.2, 0.25) is 0 Å². The highest BCUT2D eigenvalue weighted by Gasteiger charge is 2.64. The van der Waals surface area contributed by atoms with Crippen LogP contribution < -0.4 is 0 Å². The largest absolute Gasteiger partial charge is 0.465 e. The molecule has 0 aromatic heterocycles. The summed E-state index contributed by atoms with van der Waals surface area (Å²) in [6.45, 7) is 4.58. The van der Waals surface area contributed by atoms with Crippen molar-refractivity contribution in [1.29, 1.82) is 0 Å². The molecule has 4 rings (SSSR count). The van der Waals surface area contributed by atoms with E-state index in [4.69, 9.17) is 4.74 Å². The van der Waals surface area contributed by atoms with Crippen molar-refractivity contribution >= 4 is 5.97 Å². The minimum absolute atomic E-state index is 0.0333. The number of alkyl halides is 3. The van der Waals surface area contributed by atoms with Crippen LogP contribution in [0.4, 0.5) is 13.2 Å². The van der Waals surface area contributed by atoms with Crippen LogP contribution in [0.1, 0.15) is 58.8 Å². The molecule has 4 fully saturated rings. The molecule has 0 spiro atoms. The number of ether oxygens (including phenoxy) is 1. The fraction of sp³-hybridized carbons (Fsp3) is 0.947. The molecule has 0 amide bonds. The predicted molar refractivity (Wildman–Crippen MR) is 83.0 cm³/mol. The summed E-state index contributed by atoms with van der Waals surface area (Å²) in [6, 6.07) is 0. The maximum Gasteiger partial charge on any atom is 0.392 e. The third-order valence-corrected chi connectivity index (χ3v) is 8.42. The third-order valence-electron chi connectivity index (χ3n) is 8.42. The molecule has 7 atom stereocenters. The summed E-state index contributed by atoms with van der Waals surface area (Å²) in [4.78, 5) is 11.7. The molecule has 5 heteroatoms. The lowest BCUT2D eigenvalue weighted by Crippen LogP contribution is -2.56. The van der Waals surface area contributed by atoms with Crippen molar-refractivity contribution in [3.63, 3.8) is 0 Å². The Labute approximate surface area is 141 Å². The van der Waals surface area contributed by atoms with E-state index in [0.717, 1.165) is 19.3 Å². The number of fused-ring (bicyclic) bond motifs is 5. The first-order chi connectivity index (χ1) is 11.2. The van der Waals surface area contributed by atoms with Gasteiger partial charge in [-0.3, -0.25) is 4.79 Å². The number of carbonyl (C=O) groups is 1. The highest BCUT2D eigenvalue weighted by atomic mass is 19.4. The second-order valence-corrected chi connectivity index (χ2v) is 9.24. The molecule has 2 nitrogen and oxygen atoms in total. The zero-order chi connectivity index (χ0) is 17.3. The van der Waals surface area contributed by atoms with E-state index in [1.165, 1.54) is 0 Å². The molecule has 1 heterocycles. The molecule has 1 aliphatic heterocycles. The molecule has 136 valence electrons. The van der Waals surface area contributed by atoms with Gasteiger partial charge in [0.15, 0.2) is 0 Å². The molecule has 0 aromatic carbocycles. The van der Waals surface area contributed by atoms with Crippen LogP contribution in [-0.2, 0) is 9.53 Å². The van der Waals surface area contributed by atoms with Gasteiger partial charge in [-0.2, -0.15) is 13.2 Å². The predicted octanol–water partition coefficient (Wildman–Crippen LogP) is 4.97. The summed E-state index contributed by atoms with van der Waals surface area (Å²) in [5, 5.41) is 0. The summed E-state index contributed by atoms with van der Waals surface area (Å²) in [6.07, 6.45) is 0.906. The Balaban J connectivity index is 1.62. The average Bonchev–Trinajstić information content (AvgIpc) is 2.85. The van der Waals surface area contributed by atoms with Crippen molar-refractivity contribution in [1.82, 2.24) is 0 Å². The van der Waals surface area contributed by atoms with Crippen LogP contribution in [0.25, 0.3) is 0 Å². The standard InChI is InChI=1S/C19H27F3O2/c1-17-8-7-14-12(13(17)5-6-15(17)19(20,21)22)4-3-11-9-16(23)24-10-18(11,14)2/h11-15H,3-10H2,1-2H3/t11-,12-,13-,14-,15+,17-,18-/m0/s1. The Kier molecular flexibility index (Phi) is 3.58. The van der Waals surface area contributed by atoms with E-state index in [1.54, 1.807) is 0 Å². The second kappa shape index (κ2) is 5.14. The number of hydrogen-bond donors (Lipinski definition) is 0. The van der Waals surface area contributed by atoms with E-state index in [1.807, 2.05) is 6.92 Å². The van der Waals surface area contributed by atoms with Crippen LogP contribution in [-0.4, -0.2) is 18.8 Å². The minimum Gasteiger partial charge on any atom is -0.465 e. The summed E-state index contributed by atoms with van der Waals surface area (Å²) >= 11 is 0. The fourth-order valence-corrected chi connectivity index (χ4v) is 7.13. The molecular formula is C19H27F3O2. The molecule has 1 saturated heterocycles. The molecule has 3 aliphatic carbocycles. The number of rotatable bonds is 0. The molecule has 4 aliphatic rings. The van der Waals surface area contributed by atoms with Crippen LogP contribution >= 0.6 is 0 Å². The summed E-state index contributed by atoms with van der Waals surface area (Å²) in [5.74, 6) is 0.0752. The highest BCUT2D eigenvalue weighted by Crippen LogP contribution is 2.68. The van der Waals surface area contributed by atoms with Gasteiger partial charge in [-0.15, -0.1) is 0 Å². The maximum atomic E-state index is 13.5. The first kappa shape index (κ1) is 16.7. The SMILES string of the molecule is C[C@]12COC(=O)C[C@@H]1CC[C@@H]1[C@@H]2CC[C@@]2(C)[C@H]1CC[C@H]2C(F)(F)F. The Morgan fingerprint density at radius 1 is 1.00 bits per heavy atom. The molecule has 0 N–H and O–H groups in total. The molecule has 3 saturated carbocycles. The number of esters is 1. The van der Waals surface area contributed by atoms with Gasteiger partial charge in [0.25, 0.3) is 0 Å². The Bertz CT molecular complexity index is 545. The molecule has 0 radical (unpaired) electrons. The van der Waals surface area contributed by atoms with Crippen molar-refractivity contribution in [2.24, 2.45) is 40.4 Å². The topological polar surface area (TPSA) is 26.3 Å². The van der Waals surface area contributed by atoms with Gasteiger partial charge in [0.1, 0.15) is 0 Å². The average molecular weight is 344 g/mol. The van der Waals surface area contributed by atoms with Gasteiger partial charge in [-0.05, 0) is 67.6 Å². The van der Waals surface area contributed by atoms with Gasteiger partial charge >= 0.3 is 12.1 Å². The van der Waals surface area contributed by atoms with Crippen molar-refractivity contribution in [2.75, 3.05) is 6.61 Å². The summed E-state index contributed by atoms with van der Waals surface area (Å²) < 4.78 is 46.0. The van der Waals surface area contributed by atoms with Gasteiger partial charge in [0.05, 0.1) is 12.5 Å². The van der Waals surface area contributed by atoms with E-state index in [9.17, 15) is 18.0 Å². The lowest BCUT2D eigenvalue weighted by Gasteiger charge is -2.59. The van der Waals surface area contributed by atoms with Crippen molar-refractivity contribution in [2.45, 2.75) is 65.0 Å². The molecule has 0 bridgehead atoms. The molecular weight excluding hydrogens is 317 g/mol. The monoisotopic (exact) mass is 344 g/mol. The number of cyclic esters (lactones) is 1.